The maximum absolute atomic E-state index is 12.4. The first-order valence-corrected chi connectivity index (χ1v) is 8.89. The van der Waals surface area contributed by atoms with Gasteiger partial charge in [-0.1, -0.05) is 31.2 Å². The largest absolute Gasteiger partial charge is 0.479 e. The van der Waals surface area contributed by atoms with Crippen LogP contribution in [0.15, 0.2) is 24.3 Å². The van der Waals surface area contributed by atoms with Crippen LogP contribution in [0.1, 0.15) is 30.9 Å². The fraction of sp³-hybridized carbons (Fsp3) is 0.533. The molecule has 0 saturated carbocycles. The number of aliphatic hydroxyl groups is 1. The molecule has 0 spiro atoms. The molecule has 2 N–H and O–H groups in total. The predicted molar refractivity (Wildman–Crippen MR) is 81.8 cm³/mol. The number of hydrogen-bond acceptors (Lipinski definition) is 4. The number of hydrogen-bond donors (Lipinski definition) is 2. The zero-order valence-corrected chi connectivity index (χ0v) is 13.3. The van der Waals surface area contributed by atoms with Crippen molar-refractivity contribution in [2.24, 2.45) is 0 Å². The minimum absolute atomic E-state index is 0.0690. The lowest BCUT2D eigenvalue weighted by Crippen LogP contribution is -2.54. The van der Waals surface area contributed by atoms with E-state index in [0.717, 1.165) is 16.3 Å². The van der Waals surface area contributed by atoms with Crippen molar-refractivity contribution in [1.29, 1.82) is 0 Å². The molecule has 0 radical (unpaired) electrons. The van der Waals surface area contributed by atoms with Gasteiger partial charge in [0.2, 0.25) is 10.0 Å². The summed E-state index contributed by atoms with van der Waals surface area (Å²) in [4.78, 5) is 11.1. The van der Waals surface area contributed by atoms with Gasteiger partial charge in [0.05, 0.1) is 12.3 Å². The topological polar surface area (TPSA) is 94.9 Å². The van der Waals surface area contributed by atoms with Crippen LogP contribution in [0.2, 0.25) is 0 Å². The summed E-state index contributed by atoms with van der Waals surface area (Å²) in [7, 11) is -3.65. The summed E-state index contributed by atoms with van der Waals surface area (Å²) in [5, 5.41) is 19.1. The molecule has 0 aliphatic carbocycles. The second-order valence-corrected chi connectivity index (χ2v) is 7.67. The molecule has 1 unspecified atom stereocenters. The van der Waals surface area contributed by atoms with Gasteiger partial charge in [0, 0.05) is 6.54 Å². The van der Waals surface area contributed by atoms with Gasteiger partial charge in [-0.05, 0) is 30.4 Å². The number of rotatable bonds is 5. The highest BCUT2D eigenvalue weighted by atomic mass is 32.2. The SMILES string of the molecule is CCc1ccc(CS(=O)(=O)N2CCCC(O)(C(=O)O)C2)cc1. The van der Waals surface area contributed by atoms with Crippen LogP contribution in [0.3, 0.4) is 0 Å². The number of carboxylic acid groups (broad SMARTS) is 1. The van der Waals surface area contributed by atoms with E-state index in [1.807, 2.05) is 19.1 Å². The third-order valence-electron chi connectivity index (χ3n) is 4.01. The summed E-state index contributed by atoms with van der Waals surface area (Å²) in [6.45, 7) is 1.87. The van der Waals surface area contributed by atoms with Crippen molar-refractivity contribution in [3.63, 3.8) is 0 Å². The van der Waals surface area contributed by atoms with Gasteiger partial charge in [0.15, 0.2) is 5.60 Å². The maximum Gasteiger partial charge on any atom is 0.337 e. The van der Waals surface area contributed by atoms with Gasteiger partial charge < -0.3 is 10.2 Å². The lowest BCUT2D eigenvalue weighted by Gasteiger charge is -2.35. The Bertz CT molecular complexity index is 640. The second-order valence-electron chi connectivity index (χ2n) is 5.70. The third kappa shape index (κ3) is 3.66. The van der Waals surface area contributed by atoms with E-state index < -0.39 is 28.1 Å². The van der Waals surface area contributed by atoms with Crippen LogP contribution in [0, 0.1) is 0 Å². The van der Waals surface area contributed by atoms with Crippen molar-refractivity contribution in [2.45, 2.75) is 37.5 Å². The summed E-state index contributed by atoms with van der Waals surface area (Å²) in [6, 6.07) is 7.30. The van der Waals surface area contributed by atoms with E-state index >= 15 is 0 Å². The highest BCUT2D eigenvalue weighted by Gasteiger charge is 2.43. The van der Waals surface area contributed by atoms with Gasteiger partial charge in [0.1, 0.15) is 0 Å². The number of β-amino-alcohol motifs (C(OH)–C–C–N with tert-alkyl or cyclic N) is 1. The van der Waals surface area contributed by atoms with Crippen LogP contribution in [-0.4, -0.2) is 47.6 Å². The average Bonchev–Trinajstić information content (AvgIpc) is 2.47. The fourth-order valence-electron chi connectivity index (χ4n) is 2.58. The van der Waals surface area contributed by atoms with E-state index in [0.29, 0.717) is 12.0 Å². The Morgan fingerprint density at radius 3 is 2.41 bits per heavy atom. The van der Waals surface area contributed by atoms with Gasteiger partial charge in [0.25, 0.3) is 0 Å². The number of piperidine rings is 1. The Balaban J connectivity index is 2.13. The number of carbonyl (C=O) groups is 1. The Hall–Kier alpha value is -1.44. The van der Waals surface area contributed by atoms with Crippen molar-refractivity contribution in [2.75, 3.05) is 13.1 Å². The lowest BCUT2D eigenvalue weighted by molar-refractivity contribution is -0.162. The zero-order valence-electron chi connectivity index (χ0n) is 12.5. The van der Waals surface area contributed by atoms with Crippen molar-refractivity contribution >= 4 is 16.0 Å². The molecule has 0 amide bonds. The average molecular weight is 327 g/mol. The molecule has 7 heteroatoms. The molecule has 0 bridgehead atoms. The predicted octanol–water partition coefficient (Wildman–Crippen LogP) is 0.990. The van der Waals surface area contributed by atoms with Gasteiger partial charge in [-0.15, -0.1) is 0 Å². The highest BCUT2D eigenvalue weighted by Crippen LogP contribution is 2.25. The molecule has 1 atom stereocenters. The van der Waals surface area contributed by atoms with Gasteiger partial charge >= 0.3 is 5.97 Å². The summed E-state index contributed by atoms with van der Waals surface area (Å²) >= 11 is 0. The molecule has 122 valence electrons. The minimum atomic E-state index is -3.65. The Labute approximate surface area is 130 Å². The van der Waals surface area contributed by atoms with Crippen LogP contribution in [0.25, 0.3) is 0 Å². The molecule has 1 fully saturated rings. The highest BCUT2D eigenvalue weighted by molar-refractivity contribution is 7.88. The summed E-state index contributed by atoms with van der Waals surface area (Å²) < 4.78 is 26.0. The smallest absolute Gasteiger partial charge is 0.337 e. The van der Waals surface area contributed by atoms with E-state index in [-0.39, 0.29) is 18.7 Å². The van der Waals surface area contributed by atoms with Crippen LogP contribution in [-0.2, 0) is 27.0 Å². The molecular weight excluding hydrogens is 306 g/mol. The van der Waals surface area contributed by atoms with Gasteiger partial charge in [-0.3, -0.25) is 0 Å². The van der Waals surface area contributed by atoms with Crippen molar-refractivity contribution in [1.82, 2.24) is 4.31 Å². The molecule has 6 nitrogen and oxygen atoms in total. The number of benzene rings is 1. The van der Waals surface area contributed by atoms with E-state index in [1.165, 1.54) is 0 Å². The van der Waals surface area contributed by atoms with Crippen LogP contribution >= 0.6 is 0 Å². The number of carboxylic acids is 1. The third-order valence-corrected chi connectivity index (χ3v) is 5.80. The first-order chi connectivity index (χ1) is 10.3. The molecule has 22 heavy (non-hydrogen) atoms. The van der Waals surface area contributed by atoms with E-state index in [9.17, 15) is 18.3 Å². The van der Waals surface area contributed by atoms with Crippen molar-refractivity contribution < 1.29 is 23.4 Å². The van der Waals surface area contributed by atoms with Crippen molar-refractivity contribution in [3.05, 3.63) is 35.4 Å². The first kappa shape index (κ1) is 16.9. The monoisotopic (exact) mass is 327 g/mol. The lowest BCUT2D eigenvalue weighted by atomic mass is 9.95. The Morgan fingerprint density at radius 2 is 1.86 bits per heavy atom. The fourth-order valence-corrected chi connectivity index (χ4v) is 4.20. The Morgan fingerprint density at radius 1 is 1.27 bits per heavy atom. The Kier molecular flexibility index (Phi) is 4.89. The zero-order chi connectivity index (χ0) is 16.4. The molecule has 1 aromatic carbocycles. The minimum Gasteiger partial charge on any atom is -0.479 e. The molecule has 1 saturated heterocycles. The van der Waals surface area contributed by atoms with Crippen LogP contribution in [0.5, 0.6) is 0 Å². The van der Waals surface area contributed by atoms with E-state index in [4.69, 9.17) is 5.11 Å². The molecule has 1 heterocycles. The molecular formula is C15H21NO5S. The number of sulfonamides is 1. The normalized spacial score (nSPS) is 23.4. The molecule has 0 aromatic heterocycles. The number of nitrogens with zero attached hydrogens (tertiary/aromatic N) is 1. The molecule has 2 rings (SSSR count). The standard InChI is InChI=1S/C15H21NO5S/c1-2-12-4-6-13(7-5-12)10-22(20,21)16-9-3-8-15(19,11-16)14(17)18/h4-7,19H,2-3,8-11H2,1H3,(H,17,18). The maximum atomic E-state index is 12.4. The van der Waals surface area contributed by atoms with Gasteiger partial charge in [-0.25, -0.2) is 13.2 Å². The molecule has 1 aliphatic rings. The molecule has 1 aliphatic heterocycles. The summed E-state index contributed by atoms with van der Waals surface area (Å²) in [5.74, 6) is -1.56. The van der Waals surface area contributed by atoms with E-state index in [2.05, 4.69) is 0 Å². The van der Waals surface area contributed by atoms with Crippen LogP contribution < -0.4 is 0 Å². The number of aliphatic carboxylic acids is 1. The van der Waals surface area contributed by atoms with E-state index in [1.54, 1.807) is 12.1 Å². The van der Waals surface area contributed by atoms with Gasteiger partial charge in [-0.2, -0.15) is 4.31 Å². The first-order valence-electron chi connectivity index (χ1n) is 7.28. The van der Waals surface area contributed by atoms with Crippen molar-refractivity contribution in [3.8, 4) is 0 Å². The summed E-state index contributed by atoms with van der Waals surface area (Å²) in [5.41, 5.74) is -0.210. The second kappa shape index (κ2) is 6.36. The van der Waals surface area contributed by atoms with Crippen LogP contribution in [0.4, 0.5) is 0 Å². The molecule has 1 aromatic rings. The number of aryl methyl sites for hydroxylation is 1. The quantitative estimate of drug-likeness (QED) is 0.841. The summed E-state index contributed by atoms with van der Waals surface area (Å²) in [6.07, 6.45) is 1.28.